The summed E-state index contributed by atoms with van der Waals surface area (Å²) < 4.78 is 24.1. The quantitative estimate of drug-likeness (QED) is 0.562. The molecule has 0 amide bonds. The van der Waals surface area contributed by atoms with Crippen LogP contribution in [0.4, 0.5) is 10.1 Å². The predicted octanol–water partition coefficient (Wildman–Crippen LogP) is 2.74. The third-order valence-corrected chi connectivity index (χ3v) is 2.38. The second-order valence-electron chi connectivity index (χ2n) is 3.84. The first-order valence-corrected chi connectivity index (χ1v) is 5.94. The van der Waals surface area contributed by atoms with Crippen LogP contribution < -0.4 is 5.73 Å². The number of ether oxygens (including phenoxy) is 2. The average molecular weight is 241 g/mol. The fourth-order valence-electron chi connectivity index (χ4n) is 1.36. The van der Waals surface area contributed by atoms with Crippen molar-refractivity contribution in [3.63, 3.8) is 0 Å². The summed E-state index contributed by atoms with van der Waals surface area (Å²) >= 11 is 0. The van der Waals surface area contributed by atoms with Crippen molar-refractivity contribution in [2.24, 2.45) is 0 Å². The van der Waals surface area contributed by atoms with Crippen LogP contribution in [-0.2, 0) is 16.1 Å². The number of hydrogen-bond donors (Lipinski definition) is 1. The van der Waals surface area contributed by atoms with Crippen molar-refractivity contribution in [2.75, 3.05) is 25.6 Å². The first-order chi connectivity index (χ1) is 8.25. The molecule has 2 N–H and O–H groups in total. The maximum atomic E-state index is 13.4. The van der Waals surface area contributed by atoms with Gasteiger partial charge in [-0.15, -0.1) is 0 Å². The molecule has 3 nitrogen and oxygen atoms in total. The third kappa shape index (κ3) is 5.15. The van der Waals surface area contributed by atoms with Gasteiger partial charge in [0.2, 0.25) is 0 Å². The SMILES string of the molecule is CCCCOCCOCc1cccc(N)c1F. The maximum absolute atomic E-state index is 13.4. The van der Waals surface area contributed by atoms with Crippen LogP contribution in [0.15, 0.2) is 18.2 Å². The number of hydrogen-bond acceptors (Lipinski definition) is 3. The predicted molar refractivity (Wildman–Crippen MR) is 66.2 cm³/mol. The van der Waals surface area contributed by atoms with Gasteiger partial charge in [-0.25, -0.2) is 4.39 Å². The fraction of sp³-hybridized carbons (Fsp3) is 0.538. The van der Waals surface area contributed by atoms with Crippen molar-refractivity contribution in [1.82, 2.24) is 0 Å². The van der Waals surface area contributed by atoms with Gasteiger partial charge in [0.25, 0.3) is 0 Å². The Kier molecular flexibility index (Phi) is 6.58. The van der Waals surface area contributed by atoms with Crippen LogP contribution in [0.1, 0.15) is 25.3 Å². The van der Waals surface area contributed by atoms with Crippen LogP contribution in [0.5, 0.6) is 0 Å². The Labute approximate surface area is 102 Å². The molecular weight excluding hydrogens is 221 g/mol. The molecular formula is C13H20FNO2. The van der Waals surface area contributed by atoms with Gasteiger partial charge in [0.1, 0.15) is 0 Å². The zero-order chi connectivity index (χ0) is 12.5. The maximum Gasteiger partial charge on any atom is 0.151 e. The second-order valence-corrected chi connectivity index (χ2v) is 3.84. The van der Waals surface area contributed by atoms with E-state index in [1.54, 1.807) is 12.1 Å². The molecule has 0 heterocycles. The molecule has 1 aromatic carbocycles. The molecule has 0 unspecified atom stereocenters. The Balaban J connectivity index is 2.16. The lowest BCUT2D eigenvalue weighted by Gasteiger charge is -2.07. The summed E-state index contributed by atoms with van der Waals surface area (Å²) in [6, 6.07) is 4.92. The monoisotopic (exact) mass is 241 g/mol. The lowest BCUT2D eigenvalue weighted by Crippen LogP contribution is -2.06. The van der Waals surface area contributed by atoms with Crippen molar-refractivity contribution in [3.05, 3.63) is 29.6 Å². The molecule has 0 fully saturated rings. The van der Waals surface area contributed by atoms with Crippen LogP contribution in [0.25, 0.3) is 0 Å². The van der Waals surface area contributed by atoms with E-state index in [-0.39, 0.29) is 18.1 Å². The topological polar surface area (TPSA) is 44.5 Å². The molecule has 0 bridgehead atoms. The van der Waals surface area contributed by atoms with E-state index in [2.05, 4.69) is 6.92 Å². The zero-order valence-electron chi connectivity index (χ0n) is 10.2. The van der Waals surface area contributed by atoms with E-state index in [0.29, 0.717) is 18.8 Å². The van der Waals surface area contributed by atoms with Crippen molar-refractivity contribution in [3.8, 4) is 0 Å². The Hall–Kier alpha value is -1.13. The van der Waals surface area contributed by atoms with E-state index in [9.17, 15) is 4.39 Å². The first kappa shape index (κ1) is 13.9. The summed E-state index contributed by atoms with van der Waals surface area (Å²) in [5, 5.41) is 0. The van der Waals surface area contributed by atoms with Crippen molar-refractivity contribution < 1.29 is 13.9 Å². The third-order valence-electron chi connectivity index (χ3n) is 2.38. The second kappa shape index (κ2) is 8.03. The molecule has 96 valence electrons. The van der Waals surface area contributed by atoms with Crippen LogP contribution in [-0.4, -0.2) is 19.8 Å². The largest absolute Gasteiger partial charge is 0.396 e. The summed E-state index contributed by atoms with van der Waals surface area (Å²) in [7, 11) is 0. The molecule has 0 aliphatic heterocycles. The molecule has 0 spiro atoms. The highest BCUT2D eigenvalue weighted by atomic mass is 19.1. The van der Waals surface area contributed by atoms with Gasteiger partial charge in [0.05, 0.1) is 25.5 Å². The summed E-state index contributed by atoms with van der Waals surface area (Å²) in [5.74, 6) is -0.389. The molecule has 0 aromatic heterocycles. The molecule has 0 saturated heterocycles. The molecule has 17 heavy (non-hydrogen) atoms. The Morgan fingerprint density at radius 3 is 2.71 bits per heavy atom. The molecule has 1 aromatic rings. The van der Waals surface area contributed by atoms with Crippen molar-refractivity contribution in [2.45, 2.75) is 26.4 Å². The van der Waals surface area contributed by atoms with Crippen LogP contribution in [0.3, 0.4) is 0 Å². The van der Waals surface area contributed by atoms with Crippen molar-refractivity contribution in [1.29, 1.82) is 0 Å². The van der Waals surface area contributed by atoms with Gasteiger partial charge >= 0.3 is 0 Å². The van der Waals surface area contributed by atoms with Gasteiger partial charge in [0.15, 0.2) is 5.82 Å². The minimum Gasteiger partial charge on any atom is -0.396 e. The van der Waals surface area contributed by atoms with Crippen LogP contribution in [0, 0.1) is 5.82 Å². The lowest BCUT2D eigenvalue weighted by molar-refractivity contribution is 0.0388. The highest BCUT2D eigenvalue weighted by Crippen LogP contribution is 2.15. The molecule has 0 radical (unpaired) electrons. The van der Waals surface area contributed by atoms with Gasteiger partial charge in [0, 0.05) is 12.2 Å². The summed E-state index contributed by atoms with van der Waals surface area (Å²) in [6.07, 6.45) is 2.18. The molecule has 0 aliphatic carbocycles. The molecule has 4 heteroatoms. The lowest BCUT2D eigenvalue weighted by atomic mass is 10.2. The van der Waals surface area contributed by atoms with E-state index in [0.717, 1.165) is 19.4 Å². The molecule has 0 atom stereocenters. The number of unbranched alkanes of at least 4 members (excludes halogenated alkanes) is 1. The number of anilines is 1. The van der Waals surface area contributed by atoms with E-state index < -0.39 is 0 Å². The van der Waals surface area contributed by atoms with Gasteiger partial charge in [-0.2, -0.15) is 0 Å². The Morgan fingerprint density at radius 1 is 1.18 bits per heavy atom. The van der Waals surface area contributed by atoms with Crippen LogP contribution >= 0.6 is 0 Å². The number of halogens is 1. The molecule has 0 aliphatic rings. The van der Waals surface area contributed by atoms with Crippen LogP contribution in [0.2, 0.25) is 0 Å². The fourth-order valence-corrected chi connectivity index (χ4v) is 1.36. The van der Waals surface area contributed by atoms with Gasteiger partial charge in [-0.1, -0.05) is 25.5 Å². The summed E-state index contributed by atoms with van der Waals surface area (Å²) in [4.78, 5) is 0. The Bertz CT molecular complexity index is 331. The highest BCUT2D eigenvalue weighted by Gasteiger charge is 2.04. The average Bonchev–Trinajstić information content (AvgIpc) is 2.33. The van der Waals surface area contributed by atoms with E-state index in [1.165, 1.54) is 6.07 Å². The number of benzene rings is 1. The van der Waals surface area contributed by atoms with E-state index in [4.69, 9.17) is 15.2 Å². The molecule has 1 rings (SSSR count). The zero-order valence-corrected chi connectivity index (χ0v) is 10.2. The normalized spacial score (nSPS) is 10.7. The highest BCUT2D eigenvalue weighted by molar-refractivity contribution is 5.42. The van der Waals surface area contributed by atoms with Gasteiger partial charge in [-0.3, -0.25) is 0 Å². The van der Waals surface area contributed by atoms with Crippen molar-refractivity contribution >= 4 is 5.69 Å². The minimum absolute atomic E-state index is 0.158. The van der Waals surface area contributed by atoms with E-state index >= 15 is 0 Å². The number of nitrogens with two attached hydrogens (primary N) is 1. The number of nitrogen functional groups attached to an aromatic ring is 1. The van der Waals surface area contributed by atoms with Gasteiger partial charge < -0.3 is 15.2 Å². The van der Waals surface area contributed by atoms with E-state index in [1.807, 2.05) is 0 Å². The first-order valence-electron chi connectivity index (χ1n) is 5.94. The van der Waals surface area contributed by atoms with Gasteiger partial charge in [-0.05, 0) is 12.5 Å². The Morgan fingerprint density at radius 2 is 1.94 bits per heavy atom. The number of rotatable bonds is 8. The smallest absolute Gasteiger partial charge is 0.151 e. The standard InChI is InChI=1S/C13H20FNO2/c1-2-3-7-16-8-9-17-10-11-5-4-6-12(15)13(11)14/h4-6H,2-3,7-10,15H2,1H3. The minimum atomic E-state index is -0.389. The summed E-state index contributed by atoms with van der Waals surface area (Å²) in [5.41, 5.74) is 6.09. The molecule has 0 saturated carbocycles. The summed E-state index contributed by atoms with van der Waals surface area (Å²) in [6.45, 7) is 4.12.